The first-order chi connectivity index (χ1) is 7.47. The van der Waals surface area contributed by atoms with E-state index in [1.165, 1.54) is 38.6 Å². The van der Waals surface area contributed by atoms with Gasteiger partial charge in [0.15, 0.2) is 0 Å². The molecular weight excluding hydrogens is 196 g/mol. The Hall–Kier alpha value is -0.0800. The lowest BCUT2D eigenvalue weighted by molar-refractivity contribution is 0.381. The molecule has 0 aromatic heterocycles. The predicted molar refractivity (Wildman–Crippen MR) is 71.8 cm³/mol. The standard InChI is InChI=1S/C14H30N2/c1-12(9-11-16-14(2,3)4)6-5-10-15-13-7-8-13/h12-13,15-16H,5-11H2,1-4H3. The zero-order valence-electron chi connectivity index (χ0n) is 11.6. The third-order valence-electron chi connectivity index (χ3n) is 3.18. The first kappa shape index (κ1) is 14.0. The minimum absolute atomic E-state index is 0.271. The van der Waals surface area contributed by atoms with E-state index in [4.69, 9.17) is 0 Å². The van der Waals surface area contributed by atoms with Crippen LogP contribution in [0.15, 0.2) is 0 Å². The summed E-state index contributed by atoms with van der Waals surface area (Å²) < 4.78 is 0. The average molecular weight is 226 g/mol. The maximum absolute atomic E-state index is 3.58. The van der Waals surface area contributed by atoms with Crippen LogP contribution in [0, 0.1) is 5.92 Å². The summed E-state index contributed by atoms with van der Waals surface area (Å²) in [5, 5.41) is 7.13. The molecule has 0 aliphatic heterocycles. The highest BCUT2D eigenvalue weighted by Gasteiger charge is 2.19. The predicted octanol–water partition coefficient (Wildman–Crippen LogP) is 2.93. The Labute approximate surface area is 102 Å². The molecule has 2 nitrogen and oxygen atoms in total. The molecule has 0 heterocycles. The van der Waals surface area contributed by atoms with Gasteiger partial charge in [0.05, 0.1) is 0 Å². The molecule has 0 amide bonds. The molecule has 0 spiro atoms. The minimum Gasteiger partial charge on any atom is -0.314 e. The molecule has 0 saturated heterocycles. The molecule has 1 aliphatic rings. The second kappa shape index (κ2) is 6.61. The Balaban J connectivity index is 1.87. The van der Waals surface area contributed by atoms with Crippen LogP contribution in [0.3, 0.4) is 0 Å². The molecule has 2 N–H and O–H groups in total. The zero-order valence-corrected chi connectivity index (χ0v) is 11.6. The van der Waals surface area contributed by atoms with E-state index in [0.717, 1.165) is 18.5 Å². The lowest BCUT2D eigenvalue weighted by atomic mass is 10.0. The normalized spacial score (nSPS) is 18.8. The highest BCUT2D eigenvalue weighted by Crippen LogP contribution is 2.18. The van der Waals surface area contributed by atoms with Crippen LogP contribution in [0.4, 0.5) is 0 Å². The molecular formula is C14H30N2. The Bertz CT molecular complexity index is 180. The lowest BCUT2D eigenvalue weighted by Crippen LogP contribution is -2.36. The van der Waals surface area contributed by atoms with Crippen molar-refractivity contribution in [1.82, 2.24) is 10.6 Å². The van der Waals surface area contributed by atoms with Gasteiger partial charge in [-0.2, -0.15) is 0 Å². The number of nitrogens with one attached hydrogen (secondary N) is 2. The first-order valence-corrected chi connectivity index (χ1v) is 6.96. The van der Waals surface area contributed by atoms with Gasteiger partial charge in [0, 0.05) is 11.6 Å². The van der Waals surface area contributed by atoms with E-state index in [1.54, 1.807) is 0 Å². The molecule has 1 atom stereocenters. The summed E-state index contributed by atoms with van der Waals surface area (Å²) in [6.45, 7) is 11.5. The quantitative estimate of drug-likeness (QED) is 0.622. The molecule has 0 bridgehead atoms. The summed E-state index contributed by atoms with van der Waals surface area (Å²) >= 11 is 0. The van der Waals surface area contributed by atoms with Crippen molar-refractivity contribution in [3.8, 4) is 0 Å². The van der Waals surface area contributed by atoms with E-state index in [1.807, 2.05) is 0 Å². The van der Waals surface area contributed by atoms with Crippen molar-refractivity contribution in [1.29, 1.82) is 0 Å². The molecule has 1 saturated carbocycles. The Morgan fingerprint density at radius 1 is 1.12 bits per heavy atom. The van der Waals surface area contributed by atoms with Gasteiger partial charge in [0.1, 0.15) is 0 Å². The SMILES string of the molecule is CC(CCCNC1CC1)CCNC(C)(C)C. The van der Waals surface area contributed by atoms with Gasteiger partial charge in [-0.25, -0.2) is 0 Å². The summed E-state index contributed by atoms with van der Waals surface area (Å²) in [5.74, 6) is 0.857. The summed E-state index contributed by atoms with van der Waals surface area (Å²) in [4.78, 5) is 0. The van der Waals surface area contributed by atoms with E-state index in [-0.39, 0.29) is 5.54 Å². The van der Waals surface area contributed by atoms with Crippen molar-refractivity contribution >= 4 is 0 Å². The molecule has 0 radical (unpaired) electrons. The average Bonchev–Trinajstić information content (AvgIpc) is 2.94. The number of hydrogen-bond acceptors (Lipinski definition) is 2. The summed E-state index contributed by atoms with van der Waals surface area (Å²) in [7, 11) is 0. The van der Waals surface area contributed by atoms with Gasteiger partial charge in [0.25, 0.3) is 0 Å². The van der Waals surface area contributed by atoms with Crippen molar-refractivity contribution in [3.05, 3.63) is 0 Å². The number of hydrogen-bond donors (Lipinski definition) is 2. The van der Waals surface area contributed by atoms with Gasteiger partial charge >= 0.3 is 0 Å². The third-order valence-corrected chi connectivity index (χ3v) is 3.18. The van der Waals surface area contributed by atoms with Gasteiger partial charge in [-0.1, -0.05) is 6.92 Å². The van der Waals surface area contributed by atoms with Gasteiger partial charge in [0.2, 0.25) is 0 Å². The fraction of sp³-hybridized carbons (Fsp3) is 1.00. The van der Waals surface area contributed by atoms with Gasteiger partial charge in [-0.15, -0.1) is 0 Å². The van der Waals surface area contributed by atoms with Crippen LogP contribution >= 0.6 is 0 Å². The molecule has 96 valence electrons. The van der Waals surface area contributed by atoms with Crippen LogP contribution in [-0.2, 0) is 0 Å². The van der Waals surface area contributed by atoms with Crippen molar-refractivity contribution < 1.29 is 0 Å². The Morgan fingerprint density at radius 3 is 2.38 bits per heavy atom. The summed E-state index contributed by atoms with van der Waals surface area (Å²) in [6.07, 6.45) is 6.83. The molecule has 1 fully saturated rings. The minimum atomic E-state index is 0.271. The molecule has 0 aromatic rings. The maximum atomic E-state index is 3.58. The van der Waals surface area contributed by atoms with Crippen molar-refractivity contribution in [2.75, 3.05) is 13.1 Å². The highest BCUT2D eigenvalue weighted by atomic mass is 14.9. The van der Waals surface area contributed by atoms with Crippen molar-refractivity contribution in [2.45, 2.75) is 71.4 Å². The second-order valence-corrected chi connectivity index (χ2v) is 6.44. The topological polar surface area (TPSA) is 24.1 Å². The van der Waals surface area contributed by atoms with E-state index >= 15 is 0 Å². The van der Waals surface area contributed by atoms with Crippen LogP contribution in [0.5, 0.6) is 0 Å². The Morgan fingerprint density at radius 2 is 1.81 bits per heavy atom. The van der Waals surface area contributed by atoms with E-state index in [0.29, 0.717) is 0 Å². The fourth-order valence-electron chi connectivity index (χ4n) is 1.88. The van der Waals surface area contributed by atoms with E-state index in [9.17, 15) is 0 Å². The van der Waals surface area contributed by atoms with Crippen LogP contribution in [0.25, 0.3) is 0 Å². The fourth-order valence-corrected chi connectivity index (χ4v) is 1.88. The molecule has 0 aromatic carbocycles. The number of rotatable bonds is 8. The van der Waals surface area contributed by atoms with Gasteiger partial charge in [-0.05, 0) is 71.9 Å². The first-order valence-electron chi connectivity index (χ1n) is 6.96. The maximum Gasteiger partial charge on any atom is 0.00965 e. The Kier molecular flexibility index (Phi) is 5.77. The smallest absolute Gasteiger partial charge is 0.00965 e. The van der Waals surface area contributed by atoms with Crippen LogP contribution < -0.4 is 10.6 Å². The molecule has 1 rings (SSSR count). The summed E-state index contributed by atoms with van der Waals surface area (Å²) in [5.41, 5.74) is 0.271. The third kappa shape index (κ3) is 8.12. The highest BCUT2D eigenvalue weighted by molar-refractivity contribution is 4.80. The van der Waals surface area contributed by atoms with E-state index in [2.05, 4.69) is 38.3 Å². The zero-order chi connectivity index (χ0) is 12.0. The van der Waals surface area contributed by atoms with Gasteiger partial charge < -0.3 is 10.6 Å². The largest absolute Gasteiger partial charge is 0.314 e. The molecule has 1 aliphatic carbocycles. The monoisotopic (exact) mass is 226 g/mol. The summed E-state index contributed by atoms with van der Waals surface area (Å²) in [6, 6.07) is 0.873. The van der Waals surface area contributed by atoms with E-state index < -0.39 is 0 Å². The van der Waals surface area contributed by atoms with Crippen LogP contribution in [-0.4, -0.2) is 24.7 Å². The van der Waals surface area contributed by atoms with Crippen LogP contribution in [0.1, 0.15) is 59.8 Å². The second-order valence-electron chi connectivity index (χ2n) is 6.44. The molecule has 16 heavy (non-hydrogen) atoms. The van der Waals surface area contributed by atoms with Crippen molar-refractivity contribution in [2.24, 2.45) is 5.92 Å². The van der Waals surface area contributed by atoms with Crippen LogP contribution in [0.2, 0.25) is 0 Å². The van der Waals surface area contributed by atoms with Gasteiger partial charge in [-0.3, -0.25) is 0 Å². The molecule has 2 heteroatoms. The lowest BCUT2D eigenvalue weighted by Gasteiger charge is -2.22. The molecule has 1 unspecified atom stereocenters. The van der Waals surface area contributed by atoms with Crippen molar-refractivity contribution in [3.63, 3.8) is 0 Å².